The van der Waals surface area contributed by atoms with E-state index in [4.69, 9.17) is 25.8 Å². The van der Waals surface area contributed by atoms with Crippen LogP contribution in [-0.2, 0) is 17.8 Å². The van der Waals surface area contributed by atoms with E-state index in [1.807, 2.05) is 24.3 Å². The van der Waals surface area contributed by atoms with Gasteiger partial charge in [0.05, 0.1) is 27.8 Å². The van der Waals surface area contributed by atoms with Gasteiger partial charge in [-0.15, -0.1) is 0 Å². The Morgan fingerprint density at radius 1 is 0.960 bits per heavy atom. The molecule has 0 aliphatic heterocycles. The van der Waals surface area contributed by atoms with Crippen LogP contribution in [0.1, 0.15) is 11.1 Å². The summed E-state index contributed by atoms with van der Waals surface area (Å²) in [6, 6.07) is 11.0. The smallest absolute Gasteiger partial charge is 0.227 e. The third-order valence-corrected chi connectivity index (χ3v) is 4.09. The zero-order chi connectivity index (χ0) is 18.4. The number of nitrogens with zero attached hydrogens (tertiary/aromatic N) is 1. The Labute approximate surface area is 153 Å². The predicted octanol–water partition coefficient (Wildman–Crippen LogP) is 3.57. The van der Waals surface area contributed by atoms with E-state index in [1.165, 1.54) is 0 Å². The van der Waals surface area contributed by atoms with E-state index in [0.717, 1.165) is 11.1 Å². The number of carbonyl (C=O) groups is 1. The number of halogens is 1. The largest absolute Gasteiger partial charge is 0.493 e. The lowest BCUT2D eigenvalue weighted by Gasteiger charge is -2.19. The van der Waals surface area contributed by atoms with E-state index in [0.29, 0.717) is 35.2 Å². The molecule has 2 aromatic rings. The van der Waals surface area contributed by atoms with Gasteiger partial charge in [0.2, 0.25) is 11.7 Å². The van der Waals surface area contributed by atoms with Crippen molar-refractivity contribution in [2.75, 3.05) is 28.4 Å². The summed E-state index contributed by atoms with van der Waals surface area (Å²) < 4.78 is 16.0. The second kappa shape index (κ2) is 8.62. The number of ether oxygens (including phenoxy) is 3. The minimum atomic E-state index is 0.0103. The molecule has 134 valence electrons. The Morgan fingerprint density at radius 3 is 2.00 bits per heavy atom. The molecule has 0 bridgehead atoms. The van der Waals surface area contributed by atoms with Crippen molar-refractivity contribution in [2.24, 2.45) is 0 Å². The van der Waals surface area contributed by atoms with Crippen molar-refractivity contribution in [1.29, 1.82) is 0 Å². The lowest BCUT2D eigenvalue weighted by Crippen LogP contribution is -2.27. The molecule has 0 unspecified atom stereocenters. The zero-order valence-corrected chi connectivity index (χ0v) is 15.6. The van der Waals surface area contributed by atoms with Gasteiger partial charge in [-0.2, -0.15) is 0 Å². The summed E-state index contributed by atoms with van der Waals surface area (Å²) in [5.74, 6) is 1.67. The highest BCUT2D eigenvalue weighted by Gasteiger charge is 2.16. The predicted molar refractivity (Wildman–Crippen MR) is 97.7 cm³/mol. The van der Waals surface area contributed by atoms with Gasteiger partial charge in [0, 0.05) is 18.6 Å². The molecule has 0 saturated carbocycles. The Kier molecular flexibility index (Phi) is 6.53. The van der Waals surface area contributed by atoms with Gasteiger partial charge in [0.15, 0.2) is 11.5 Å². The van der Waals surface area contributed by atoms with Crippen molar-refractivity contribution in [1.82, 2.24) is 4.90 Å². The van der Waals surface area contributed by atoms with Gasteiger partial charge in [0.25, 0.3) is 0 Å². The summed E-state index contributed by atoms with van der Waals surface area (Å²) in [4.78, 5) is 14.1. The molecular weight excluding hydrogens is 342 g/mol. The molecule has 2 aromatic carbocycles. The molecule has 0 aromatic heterocycles. The summed E-state index contributed by atoms with van der Waals surface area (Å²) in [5.41, 5.74) is 1.81. The van der Waals surface area contributed by atoms with Gasteiger partial charge in [-0.3, -0.25) is 4.79 Å². The molecule has 0 aliphatic rings. The van der Waals surface area contributed by atoms with Crippen LogP contribution in [0.4, 0.5) is 0 Å². The summed E-state index contributed by atoms with van der Waals surface area (Å²) in [7, 11) is 6.45. The second-order valence-electron chi connectivity index (χ2n) is 5.59. The van der Waals surface area contributed by atoms with Gasteiger partial charge >= 0.3 is 0 Å². The quantitative estimate of drug-likeness (QED) is 0.754. The van der Waals surface area contributed by atoms with E-state index >= 15 is 0 Å². The zero-order valence-electron chi connectivity index (χ0n) is 14.8. The first-order valence-corrected chi connectivity index (χ1v) is 8.13. The fourth-order valence-electron chi connectivity index (χ4n) is 2.50. The average molecular weight is 364 g/mol. The summed E-state index contributed by atoms with van der Waals surface area (Å²) in [6.07, 6.45) is 0.318. The average Bonchev–Trinajstić information content (AvgIpc) is 2.62. The molecule has 1 amide bonds. The molecule has 0 fully saturated rings. The number of amides is 1. The lowest BCUT2D eigenvalue weighted by atomic mass is 10.1. The SMILES string of the molecule is COc1cc(CN(C)C(=O)Cc2ccc(Cl)cc2)cc(OC)c1OC. The van der Waals surface area contributed by atoms with Crippen LogP contribution in [0.2, 0.25) is 5.02 Å². The highest BCUT2D eigenvalue weighted by Crippen LogP contribution is 2.38. The van der Waals surface area contributed by atoms with E-state index in [1.54, 1.807) is 45.4 Å². The van der Waals surface area contributed by atoms with Crippen molar-refractivity contribution >= 4 is 17.5 Å². The summed E-state index contributed by atoms with van der Waals surface area (Å²) in [5, 5.41) is 0.655. The number of methoxy groups -OCH3 is 3. The maximum Gasteiger partial charge on any atom is 0.227 e. The third kappa shape index (κ3) is 4.79. The first kappa shape index (κ1) is 18.9. The van der Waals surface area contributed by atoms with Gasteiger partial charge in [-0.25, -0.2) is 0 Å². The molecule has 0 spiro atoms. The first-order chi connectivity index (χ1) is 12.0. The van der Waals surface area contributed by atoms with Crippen LogP contribution in [0, 0.1) is 0 Å². The third-order valence-electron chi connectivity index (χ3n) is 3.84. The molecule has 0 radical (unpaired) electrons. The van der Waals surface area contributed by atoms with Crippen LogP contribution in [0.25, 0.3) is 0 Å². The molecule has 2 rings (SSSR count). The fourth-order valence-corrected chi connectivity index (χ4v) is 2.63. The van der Waals surface area contributed by atoms with Crippen molar-refractivity contribution in [3.63, 3.8) is 0 Å². The number of likely N-dealkylation sites (N-methyl/N-ethyl adjacent to an activating group) is 1. The van der Waals surface area contributed by atoms with E-state index in [9.17, 15) is 4.79 Å². The summed E-state index contributed by atoms with van der Waals surface area (Å²) >= 11 is 5.87. The molecule has 0 heterocycles. The topological polar surface area (TPSA) is 48.0 Å². The molecule has 25 heavy (non-hydrogen) atoms. The first-order valence-electron chi connectivity index (χ1n) is 7.75. The fraction of sp³-hybridized carbons (Fsp3) is 0.316. The molecule has 0 atom stereocenters. The number of rotatable bonds is 7. The number of benzene rings is 2. The van der Waals surface area contributed by atoms with Crippen LogP contribution in [-0.4, -0.2) is 39.2 Å². The summed E-state index contributed by atoms with van der Waals surface area (Å²) in [6.45, 7) is 0.434. The minimum Gasteiger partial charge on any atom is -0.493 e. The van der Waals surface area contributed by atoms with Crippen LogP contribution in [0.15, 0.2) is 36.4 Å². The van der Waals surface area contributed by atoms with Gasteiger partial charge in [-0.05, 0) is 35.4 Å². The molecule has 0 aliphatic carbocycles. The van der Waals surface area contributed by atoms with Gasteiger partial charge < -0.3 is 19.1 Å². The van der Waals surface area contributed by atoms with Crippen molar-refractivity contribution in [3.8, 4) is 17.2 Å². The highest BCUT2D eigenvalue weighted by atomic mass is 35.5. The molecular formula is C19H22ClNO4. The van der Waals surface area contributed by atoms with E-state index < -0.39 is 0 Å². The monoisotopic (exact) mass is 363 g/mol. The molecule has 5 nitrogen and oxygen atoms in total. The standard InChI is InChI=1S/C19H22ClNO4/c1-21(18(22)11-13-5-7-15(20)8-6-13)12-14-9-16(23-2)19(25-4)17(10-14)24-3/h5-10H,11-12H2,1-4H3. The van der Waals surface area contributed by atoms with Gasteiger partial charge in [-0.1, -0.05) is 23.7 Å². The van der Waals surface area contributed by atoms with E-state index in [-0.39, 0.29) is 5.91 Å². The maximum absolute atomic E-state index is 12.4. The normalized spacial score (nSPS) is 10.3. The number of hydrogen-bond acceptors (Lipinski definition) is 4. The van der Waals surface area contributed by atoms with Crippen molar-refractivity contribution in [2.45, 2.75) is 13.0 Å². The Balaban J connectivity index is 2.12. The molecule has 0 saturated heterocycles. The number of hydrogen-bond donors (Lipinski definition) is 0. The Hall–Kier alpha value is -2.40. The highest BCUT2D eigenvalue weighted by molar-refractivity contribution is 6.30. The Bertz CT molecular complexity index is 706. The maximum atomic E-state index is 12.4. The van der Waals surface area contributed by atoms with Crippen molar-refractivity contribution < 1.29 is 19.0 Å². The second-order valence-corrected chi connectivity index (χ2v) is 6.02. The lowest BCUT2D eigenvalue weighted by molar-refractivity contribution is -0.129. The van der Waals surface area contributed by atoms with Crippen LogP contribution < -0.4 is 14.2 Å². The van der Waals surface area contributed by atoms with Crippen LogP contribution >= 0.6 is 11.6 Å². The molecule has 0 N–H and O–H groups in total. The number of carbonyl (C=O) groups excluding carboxylic acids is 1. The van der Waals surface area contributed by atoms with Gasteiger partial charge in [0.1, 0.15) is 0 Å². The minimum absolute atomic E-state index is 0.0103. The Morgan fingerprint density at radius 2 is 1.52 bits per heavy atom. The van der Waals surface area contributed by atoms with Crippen molar-refractivity contribution in [3.05, 3.63) is 52.5 Å². The van der Waals surface area contributed by atoms with E-state index in [2.05, 4.69) is 0 Å². The van der Waals surface area contributed by atoms with Crippen LogP contribution in [0.3, 0.4) is 0 Å². The van der Waals surface area contributed by atoms with Crippen LogP contribution in [0.5, 0.6) is 17.2 Å². The molecule has 6 heteroatoms.